The third kappa shape index (κ3) is 3.91. The van der Waals surface area contributed by atoms with E-state index in [0.717, 1.165) is 5.56 Å². The van der Waals surface area contributed by atoms with Gasteiger partial charge in [-0.25, -0.2) is 9.97 Å². The Morgan fingerprint density at radius 2 is 1.91 bits per heavy atom. The molecule has 2 N–H and O–H groups in total. The third-order valence-corrected chi connectivity index (χ3v) is 3.08. The summed E-state index contributed by atoms with van der Waals surface area (Å²) in [7, 11) is 0. The van der Waals surface area contributed by atoms with Crippen molar-refractivity contribution < 1.29 is 9.32 Å². The number of amides is 1. The number of aryl methyl sites for hydroxylation is 1. The minimum absolute atomic E-state index is 0.224. The van der Waals surface area contributed by atoms with Crippen LogP contribution in [0.25, 0.3) is 0 Å². The molecule has 3 aromatic rings. The zero-order valence-corrected chi connectivity index (χ0v) is 12.5. The Morgan fingerprint density at radius 3 is 2.57 bits per heavy atom. The van der Waals surface area contributed by atoms with Crippen molar-refractivity contribution in [3.63, 3.8) is 0 Å². The van der Waals surface area contributed by atoms with Gasteiger partial charge in [0.15, 0.2) is 5.82 Å². The second kappa shape index (κ2) is 6.69. The molecule has 0 atom stereocenters. The fourth-order valence-corrected chi connectivity index (χ4v) is 1.93. The molecule has 0 aliphatic rings. The molecule has 2 heterocycles. The minimum atomic E-state index is -0.224. The molecule has 116 valence electrons. The van der Waals surface area contributed by atoms with E-state index >= 15 is 0 Å². The molecule has 0 fully saturated rings. The van der Waals surface area contributed by atoms with Crippen LogP contribution >= 0.6 is 0 Å². The Labute approximate surface area is 132 Å². The normalized spacial score (nSPS) is 10.3. The van der Waals surface area contributed by atoms with Crippen LogP contribution in [0.1, 0.15) is 21.7 Å². The van der Waals surface area contributed by atoms with Gasteiger partial charge in [-0.1, -0.05) is 35.5 Å². The molecular weight excluding hydrogens is 294 g/mol. The van der Waals surface area contributed by atoms with Crippen LogP contribution in [0.4, 0.5) is 11.8 Å². The van der Waals surface area contributed by atoms with Crippen molar-refractivity contribution in [2.24, 2.45) is 0 Å². The predicted molar refractivity (Wildman–Crippen MR) is 84.2 cm³/mol. The molecule has 0 saturated carbocycles. The lowest BCUT2D eigenvalue weighted by molar-refractivity contribution is 0.0950. The van der Waals surface area contributed by atoms with E-state index in [1.807, 2.05) is 30.3 Å². The van der Waals surface area contributed by atoms with Crippen molar-refractivity contribution in [1.29, 1.82) is 0 Å². The smallest absolute Gasteiger partial charge is 0.254 e. The fraction of sp³-hybridized carbons (Fsp3) is 0.125. The number of carbonyl (C=O) groups is 1. The average Bonchev–Trinajstić information content (AvgIpc) is 2.99. The molecule has 7 heteroatoms. The molecule has 0 saturated heterocycles. The second-order valence-corrected chi connectivity index (χ2v) is 4.91. The Morgan fingerprint density at radius 1 is 1.17 bits per heavy atom. The van der Waals surface area contributed by atoms with E-state index in [1.54, 1.807) is 13.0 Å². The molecule has 0 radical (unpaired) electrons. The summed E-state index contributed by atoms with van der Waals surface area (Å²) in [4.78, 5) is 20.2. The third-order valence-electron chi connectivity index (χ3n) is 3.08. The SMILES string of the molecule is Cc1cc(Nc2ncc(C(=O)NCc3ccccc3)cn2)no1. The maximum absolute atomic E-state index is 12.1. The molecule has 0 aliphatic carbocycles. The Hall–Kier alpha value is -3.22. The molecule has 0 unspecified atom stereocenters. The average molecular weight is 309 g/mol. The molecule has 1 amide bonds. The van der Waals surface area contributed by atoms with Crippen LogP contribution in [0.15, 0.2) is 53.3 Å². The summed E-state index contributed by atoms with van der Waals surface area (Å²) < 4.78 is 4.94. The van der Waals surface area contributed by atoms with E-state index in [2.05, 4.69) is 25.8 Å². The molecule has 0 spiro atoms. The van der Waals surface area contributed by atoms with Crippen molar-refractivity contribution in [3.8, 4) is 0 Å². The van der Waals surface area contributed by atoms with Gasteiger partial charge >= 0.3 is 0 Å². The van der Waals surface area contributed by atoms with Crippen LogP contribution in [0.2, 0.25) is 0 Å². The number of rotatable bonds is 5. The lowest BCUT2D eigenvalue weighted by atomic mass is 10.2. The van der Waals surface area contributed by atoms with E-state index in [9.17, 15) is 4.79 Å². The largest absolute Gasteiger partial charge is 0.360 e. The summed E-state index contributed by atoms with van der Waals surface area (Å²) in [6.45, 7) is 2.25. The number of hydrogen-bond acceptors (Lipinski definition) is 6. The number of aromatic nitrogens is 3. The fourth-order valence-electron chi connectivity index (χ4n) is 1.93. The van der Waals surface area contributed by atoms with E-state index in [1.165, 1.54) is 12.4 Å². The van der Waals surface area contributed by atoms with Gasteiger partial charge in [0.05, 0.1) is 5.56 Å². The summed E-state index contributed by atoms with van der Waals surface area (Å²) in [6.07, 6.45) is 2.92. The highest BCUT2D eigenvalue weighted by atomic mass is 16.5. The van der Waals surface area contributed by atoms with Gasteiger partial charge in [0.2, 0.25) is 5.95 Å². The summed E-state index contributed by atoms with van der Waals surface area (Å²) in [5, 5.41) is 9.50. The summed E-state index contributed by atoms with van der Waals surface area (Å²) in [5.41, 5.74) is 1.42. The molecule has 0 bridgehead atoms. The number of benzene rings is 1. The highest BCUT2D eigenvalue weighted by molar-refractivity contribution is 5.93. The Bertz CT molecular complexity index is 784. The summed E-state index contributed by atoms with van der Waals surface area (Å²) >= 11 is 0. The van der Waals surface area contributed by atoms with Crippen LogP contribution in [0.3, 0.4) is 0 Å². The van der Waals surface area contributed by atoms with Gasteiger partial charge in [0, 0.05) is 25.0 Å². The van der Waals surface area contributed by atoms with Gasteiger partial charge < -0.3 is 15.2 Å². The van der Waals surface area contributed by atoms with Crippen molar-refractivity contribution in [3.05, 3.63) is 65.7 Å². The number of nitrogens with one attached hydrogen (secondary N) is 2. The standard InChI is InChI=1S/C16H15N5O2/c1-11-7-14(21-23-11)20-16-18-9-13(10-19-16)15(22)17-8-12-5-3-2-4-6-12/h2-7,9-10H,8H2,1H3,(H,17,22)(H,18,19,20,21). The quantitative estimate of drug-likeness (QED) is 0.752. The van der Waals surface area contributed by atoms with Gasteiger partial charge in [-0.2, -0.15) is 0 Å². The molecule has 0 aliphatic heterocycles. The first-order valence-electron chi connectivity index (χ1n) is 7.05. The van der Waals surface area contributed by atoms with Crippen LogP contribution in [0, 0.1) is 6.92 Å². The van der Waals surface area contributed by atoms with Crippen LogP contribution in [-0.4, -0.2) is 21.0 Å². The number of nitrogens with zero attached hydrogens (tertiary/aromatic N) is 3. The van der Waals surface area contributed by atoms with E-state index in [4.69, 9.17) is 4.52 Å². The lowest BCUT2D eigenvalue weighted by Gasteiger charge is -2.05. The van der Waals surface area contributed by atoms with E-state index in [0.29, 0.717) is 29.6 Å². The first-order chi connectivity index (χ1) is 11.2. The second-order valence-electron chi connectivity index (χ2n) is 4.91. The van der Waals surface area contributed by atoms with Crippen molar-refractivity contribution in [2.45, 2.75) is 13.5 Å². The molecule has 7 nitrogen and oxygen atoms in total. The first kappa shape index (κ1) is 14.7. The molecule has 2 aromatic heterocycles. The minimum Gasteiger partial charge on any atom is -0.360 e. The highest BCUT2D eigenvalue weighted by Gasteiger charge is 2.08. The van der Waals surface area contributed by atoms with Crippen molar-refractivity contribution >= 4 is 17.7 Å². The van der Waals surface area contributed by atoms with Crippen LogP contribution in [-0.2, 0) is 6.54 Å². The van der Waals surface area contributed by atoms with Gasteiger partial charge in [0.1, 0.15) is 5.76 Å². The van der Waals surface area contributed by atoms with E-state index < -0.39 is 0 Å². The van der Waals surface area contributed by atoms with Gasteiger partial charge in [-0.15, -0.1) is 0 Å². The van der Waals surface area contributed by atoms with Gasteiger partial charge in [0.25, 0.3) is 5.91 Å². The molecule has 3 rings (SSSR count). The molecular formula is C16H15N5O2. The summed E-state index contributed by atoms with van der Waals surface area (Å²) in [5.74, 6) is 1.32. The van der Waals surface area contributed by atoms with Crippen LogP contribution < -0.4 is 10.6 Å². The van der Waals surface area contributed by atoms with Gasteiger partial charge in [-0.3, -0.25) is 4.79 Å². The monoisotopic (exact) mass is 309 g/mol. The highest BCUT2D eigenvalue weighted by Crippen LogP contribution is 2.12. The number of anilines is 2. The molecule has 1 aromatic carbocycles. The lowest BCUT2D eigenvalue weighted by Crippen LogP contribution is -2.23. The maximum atomic E-state index is 12.1. The zero-order chi connectivity index (χ0) is 16.1. The number of hydrogen-bond donors (Lipinski definition) is 2. The summed E-state index contributed by atoms with van der Waals surface area (Å²) in [6, 6.07) is 11.4. The van der Waals surface area contributed by atoms with Crippen molar-refractivity contribution in [1.82, 2.24) is 20.4 Å². The zero-order valence-electron chi connectivity index (χ0n) is 12.5. The topological polar surface area (TPSA) is 92.9 Å². The maximum Gasteiger partial charge on any atom is 0.254 e. The van der Waals surface area contributed by atoms with Crippen molar-refractivity contribution in [2.75, 3.05) is 5.32 Å². The van der Waals surface area contributed by atoms with Gasteiger partial charge in [-0.05, 0) is 12.5 Å². The molecule has 23 heavy (non-hydrogen) atoms. The Kier molecular flexibility index (Phi) is 4.28. The Balaban J connectivity index is 1.59. The van der Waals surface area contributed by atoms with E-state index in [-0.39, 0.29) is 5.91 Å². The first-order valence-corrected chi connectivity index (χ1v) is 7.05. The number of carbonyl (C=O) groups excluding carboxylic acids is 1. The predicted octanol–water partition coefficient (Wildman–Crippen LogP) is 2.45. The van der Waals surface area contributed by atoms with Crippen LogP contribution in [0.5, 0.6) is 0 Å².